The third-order valence-electron chi connectivity index (χ3n) is 15.0. The van der Waals surface area contributed by atoms with Crippen molar-refractivity contribution in [1.82, 2.24) is 24.1 Å². The quantitative estimate of drug-likeness (QED) is 0.167. The summed E-state index contributed by atoms with van der Waals surface area (Å²) in [6, 6.07) is 55.9. The first-order chi connectivity index (χ1) is 35.8. The number of fused-ring (bicyclic) bond motifs is 6. The summed E-state index contributed by atoms with van der Waals surface area (Å²) >= 11 is 0. The van der Waals surface area contributed by atoms with Gasteiger partial charge in [-0.05, 0) is 134 Å². The second-order valence-electron chi connectivity index (χ2n) is 24.6. The number of alkyl halides is 3. The summed E-state index contributed by atoms with van der Waals surface area (Å²) in [5.74, 6) is 1.24. The van der Waals surface area contributed by atoms with Crippen LogP contribution in [0.15, 0.2) is 170 Å². The minimum Gasteiger partial charge on any atom is -0.309 e. The van der Waals surface area contributed by atoms with E-state index in [0.29, 0.717) is 40.0 Å². The van der Waals surface area contributed by atoms with Gasteiger partial charge in [-0.3, -0.25) is 0 Å². The van der Waals surface area contributed by atoms with Crippen LogP contribution < -0.4 is 0 Å². The molecule has 0 saturated heterocycles. The molecular formula is C68H64F3N5. The molecule has 0 radical (unpaired) electrons. The molecule has 0 fully saturated rings. The van der Waals surface area contributed by atoms with E-state index in [1.807, 2.05) is 78.9 Å². The van der Waals surface area contributed by atoms with Gasteiger partial charge in [0.05, 0.1) is 33.3 Å². The van der Waals surface area contributed by atoms with Gasteiger partial charge in [0.1, 0.15) is 0 Å². The van der Waals surface area contributed by atoms with Crippen molar-refractivity contribution in [2.75, 3.05) is 0 Å². The van der Waals surface area contributed by atoms with Gasteiger partial charge in [-0.15, -0.1) is 0 Å². The van der Waals surface area contributed by atoms with Gasteiger partial charge in [-0.1, -0.05) is 168 Å². The Morgan fingerprint density at radius 3 is 1.07 bits per heavy atom. The third kappa shape index (κ3) is 9.05. The molecule has 11 aromatic rings. The van der Waals surface area contributed by atoms with Crippen molar-refractivity contribution in [3.05, 3.63) is 198 Å². The highest BCUT2D eigenvalue weighted by molar-refractivity contribution is 6.11. The van der Waals surface area contributed by atoms with Crippen molar-refractivity contribution in [3.63, 3.8) is 0 Å². The molecule has 76 heavy (non-hydrogen) atoms. The van der Waals surface area contributed by atoms with Crippen LogP contribution in [0.5, 0.6) is 0 Å². The molecule has 382 valence electrons. The van der Waals surface area contributed by atoms with E-state index in [-0.39, 0.29) is 27.2 Å². The van der Waals surface area contributed by atoms with E-state index in [2.05, 4.69) is 165 Å². The van der Waals surface area contributed by atoms with Crippen molar-refractivity contribution in [3.8, 4) is 56.7 Å². The number of aromatic nitrogens is 5. The molecule has 0 bridgehead atoms. The molecule has 5 nitrogen and oxygen atoms in total. The molecule has 0 aliphatic rings. The first-order valence-corrected chi connectivity index (χ1v) is 26.2. The van der Waals surface area contributed by atoms with Crippen LogP contribution in [-0.2, 0) is 27.8 Å². The van der Waals surface area contributed by atoms with E-state index in [0.717, 1.165) is 65.9 Å². The molecule has 8 aromatic carbocycles. The molecule has 0 unspecified atom stereocenters. The average Bonchev–Trinajstić information content (AvgIpc) is 4.03. The lowest BCUT2D eigenvalue weighted by molar-refractivity contribution is -0.137. The summed E-state index contributed by atoms with van der Waals surface area (Å²) in [5.41, 5.74) is 10.7. The largest absolute Gasteiger partial charge is 0.417 e. The van der Waals surface area contributed by atoms with E-state index in [9.17, 15) is 0 Å². The van der Waals surface area contributed by atoms with E-state index in [4.69, 9.17) is 15.0 Å². The molecule has 11 rings (SSSR count). The lowest BCUT2D eigenvalue weighted by atomic mass is 9.85. The lowest BCUT2D eigenvalue weighted by Gasteiger charge is -2.22. The van der Waals surface area contributed by atoms with E-state index in [1.54, 1.807) is 12.1 Å². The highest BCUT2D eigenvalue weighted by Crippen LogP contribution is 2.46. The van der Waals surface area contributed by atoms with Gasteiger partial charge in [0.15, 0.2) is 17.5 Å². The monoisotopic (exact) mass is 1010 g/mol. The fourth-order valence-corrected chi connectivity index (χ4v) is 10.6. The van der Waals surface area contributed by atoms with Crippen LogP contribution >= 0.6 is 0 Å². The van der Waals surface area contributed by atoms with Crippen LogP contribution in [0.2, 0.25) is 0 Å². The second-order valence-corrected chi connectivity index (χ2v) is 24.6. The van der Waals surface area contributed by atoms with Gasteiger partial charge in [0.2, 0.25) is 0 Å². The van der Waals surface area contributed by atoms with Crippen molar-refractivity contribution < 1.29 is 13.2 Å². The molecule has 3 aromatic heterocycles. The van der Waals surface area contributed by atoms with Gasteiger partial charge >= 0.3 is 6.18 Å². The van der Waals surface area contributed by atoms with E-state index in [1.165, 1.54) is 17.2 Å². The normalized spacial score (nSPS) is 12.9. The number of hydrogen-bond donors (Lipinski definition) is 0. The van der Waals surface area contributed by atoms with Gasteiger partial charge < -0.3 is 9.13 Å². The zero-order valence-electron chi connectivity index (χ0n) is 45.5. The van der Waals surface area contributed by atoms with Gasteiger partial charge in [0, 0.05) is 49.5 Å². The first kappa shape index (κ1) is 50.3. The summed E-state index contributed by atoms with van der Waals surface area (Å²) in [6.07, 6.45) is -4.73. The highest BCUT2D eigenvalue weighted by Gasteiger charge is 2.36. The summed E-state index contributed by atoms with van der Waals surface area (Å²) in [5, 5.41) is 4.15. The molecule has 3 heterocycles. The maximum Gasteiger partial charge on any atom is 0.417 e. The topological polar surface area (TPSA) is 48.5 Å². The Morgan fingerprint density at radius 2 is 0.697 bits per heavy atom. The molecular weight excluding hydrogens is 944 g/mol. The van der Waals surface area contributed by atoms with E-state index < -0.39 is 11.7 Å². The van der Waals surface area contributed by atoms with E-state index >= 15 is 13.2 Å². The minimum absolute atomic E-state index is 0.0303. The first-order valence-electron chi connectivity index (χ1n) is 26.2. The Bertz CT molecular complexity index is 3860. The van der Waals surface area contributed by atoms with Gasteiger partial charge in [-0.25, -0.2) is 15.0 Å². The average molecular weight is 1010 g/mol. The number of nitrogens with zero attached hydrogens (tertiary/aromatic N) is 5. The molecule has 0 N–H and O–H groups in total. The third-order valence-corrected chi connectivity index (χ3v) is 15.0. The Labute approximate surface area is 444 Å². The lowest BCUT2D eigenvalue weighted by Crippen LogP contribution is -2.11. The Kier molecular flexibility index (Phi) is 11.9. The SMILES string of the molecule is CC(C)(C)c1ccc2c(c1)c1cc(C(C)(C)C)ccc1n2-c1ccc(C(F)(F)F)c(-c2cc(-c3nc(-c4ccccc4)nc(-c4ccccc4)n3)ccc2-n2c3ccc(C(C)(C)C)cc3c3cc(C(C)(C)C)ccc32)c1. The summed E-state index contributed by atoms with van der Waals surface area (Å²) in [6.45, 7) is 26.4. The molecule has 0 aliphatic carbocycles. The van der Waals surface area contributed by atoms with Gasteiger partial charge in [0.25, 0.3) is 0 Å². The zero-order valence-corrected chi connectivity index (χ0v) is 45.5. The van der Waals surface area contributed by atoms with Crippen molar-refractivity contribution in [2.24, 2.45) is 0 Å². The number of halogens is 3. The molecule has 8 heteroatoms. The van der Waals surface area contributed by atoms with Crippen LogP contribution in [0.25, 0.3) is 100 Å². The van der Waals surface area contributed by atoms with Crippen LogP contribution in [0.4, 0.5) is 13.2 Å². The summed E-state index contributed by atoms with van der Waals surface area (Å²) in [7, 11) is 0. The van der Waals surface area contributed by atoms with Gasteiger partial charge in [-0.2, -0.15) is 13.2 Å². The smallest absolute Gasteiger partial charge is 0.309 e. The van der Waals surface area contributed by atoms with Crippen LogP contribution in [0.3, 0.4) is 0 Å². The Hall–Kier alpha value is -7.84. The minimum atomic E-state index is -4.73. The summed E-state index contributed by atoms with van der Waals surface area (Å²) < 4.78 is 52.8. The molecule has 0 aliphatic heterocycles. The maximum absolute atomic E-state index is 16.2. The predicted molar refractivity (Wildman–Crippen MR) is 310 cm³/mol. The fraction of sp³-hybridized carbons (Fsp3) is 0.250. The van der Waals surface area contributed by atoms with Crippen LogP contribution in [-0.4, -0.2) is 24.1 Å². The standard InChI is InChI=1S/C68H64F3N5/c1-64(2,3)44-24-31-56-51(36-44)52-37-45(65(4,5)6)25-32-57(52)75(56)48-28-29-55(68(69,70)71)49(40-48)50-35-43(63-73-61(41-19-15-13-16-20-41)72-62(74-63)42-21-17-14-18-22-42)23-30-58(50)76-59-33-26-46(66(7,8)9)38-53(59)54-39-47(67(10,11)12)27-34-60(54)76/h13-40H,1-12H3. The van der Waals surface area contributed by atoms with Crippen LogP contribution in [0.1, 0.15) is 111 Å². The predicted octanol–water partition coefficient (Wildman–Crippen LogP) is 18.9. The number of rotatable bonds is 6. The number of hydrogen-bond acceptors (Lipinski definition) is 3. The van der Waals surface area contributed by atoms with Crippen LogP contribution in [0, 0.1) is 0 Å². The number of benzene rings is 8. The second kappa shape index (κ2) is 17.9. The summed E-state index contributed by atoms with van der Waals surface area (Å²) in [4.78, 5) is 15.1. The molecule has 0 saturated carbocycles. The molecule has 0 spiro atoms. The van der Waals surface area contributed by atoms with Crippen molar-refractivity contribution >= 4 is 43.6 Å². The Balaban J connectivity index is 1.25. The maximum atomic E-state index is 16.2. The molecule has 0 amide bonds. The Morgan fingerprint density at radius 1 is 0.329 bits per heavy atom. The highest BCUT2D eigenvalue weighted by atomic mass is 19.4. The van der Waals surface area contributed by atoms with Crippen molar-refractivity contribution in [1.29, 1.82) is 0 Å². The molecule has 0 atom stereocenters. The van der Waals surface area contributed by atoms with Crippen molar-refractivity contribution in [2.45, 2.75) is 111 Å². The fourth-order valence-electron chi connectivity index (χ4n) is 10.6. The zero-order chi connectivity index (χ0) is 53.9.